The molecule has 1 aliphatic heterocycles. The van der Waals surface area contributed by atoms with Crippen molar-refractivity contribution in [3.8, 4) is 5.75 Å². The van der Waals surface area contributed by atoms with Crippen LogP contribution in [0.3, 0.4) is 0 Å². The number of piperidine rings is 1. The second-order valence-corrected chi connectivity index (χ2v) is 9.48. The first kappa shape index (κ1) is 22.8. The van der Waals surface area contributed by atoms with Gasteiger partial charge in [0.15, 0.2) is 12.4 Å². The summed E-state index contributed by atoms with van der Waals surface area (Å²) in [5.74, 6) is -0.809. The van der Waals surface area contributed by atoms with Crippen LogP contribution in [-0.2, 0) is 19.6 Å². The zero-order valence-corrected chi connectivity index (χ0v) is 18.8. The molecule has 0 N–H and O–H groups in total. The summed E-state index contributed by atoms with van der Waals surface area (Å²) >= 11 is 0. The molecule has 2 aromatic carbocycles. The zero-order chi connectivity index (χ0) is 22.6. The molecule has 0 radical (unpaired) electrons. The molecule has 31 heavy (non-hydrogen) atoms. The van der Waals surface area contributed by atoms with E-state index in [4.69, 9.17) is 8.92 Å². The summed E-state index contributed by atoms with van der Waals surface area (Å²) in [4.78, 5) is 26.7. The maximum absolute atomic E-state index is 12.8. The summed E-state index contributed by atoms with van der Waals surface area (Å²) in [5, 5.41) is 0. The third-order valence-corrected chi connectivity index (χ3v) is 6.63. The molecular formula is C23H27NO6S. The molecule has 1 fully saturated rings. The number of esters is 1. The van der Waals surface area contributed by atoms with Crippen LogP contribution >= 0.6 is 0 Å². The van der Waals surface area contributed by atoms with Crippen molar-refractivity contribution in [1.29, 1.82) is 0 Å². The lowest BCUT2D eigenvalue weighted by atomic mass is 10.0. The van der Waals surface area contributed by atoms with Crippen molar-refractivity contribution in [2.45, 2.75) is 38.5 Å². The van der Waals surface area contributed by atoms with Gasteiger partial charge in [-0.05, 0) is 61.9 Å². The maximum atomic E-state index is 12.8. The molecule has 1 saturated heterocycles. The van der Waals surface area contributed by atoms with E-state index in [9.17, 15) is 18.0 Å². The summed E-state index contributed by atoms with van der Waals surface area (Å²) in [5.41, 5.74) is 1.24. The van der Waals surface area contributed by atoms with Gasteiger partial charge in [-0.3, -0.25) is 4.79 Å². The lowest BCUT2D eigenvalue weighted by molar-refractivity contribution is -0.136. The fourth-order valence-electron chi connectivity index (χ4n) is 3.56. The van der Waals surface area contributed by atoms with Crippen molar-refractivity contribution >= 4 is 22.0 Å². The number of likely N-dealkylation sites (tertiary alicyclic amines) is 1. The number of carbonyl (C=O) groups excluding carboxylic acids is 2. The number of carbonyl (C=O) groups is 2. The van der Waals surface area contributed by atoms with Crippen LogP contribution in [0.25, 0.3) is 0 Å². The minimum Gasteiger partial charge on any atom is -0.452 e. The number of aryl methyl sites for hydroxylation is 2. The highest BCUT2D eigenvalue weighted by molar-refractivity contribution is 7.87. The fraction of sp³-hybridized carbons (Fsp3) is 0.391. The summed E-state index contributed by atoms with van der Waals surface area (Å²) in [7, 11) is -4.16. The molecular weight excluding hydrogens is 418 g/mol. The Bertz CT molecular complexity index is 1080. The number of para-hydroxylation sites is 1. The van der Waals surface area contributed by atoms with Crippen LogP contribution in [-0.4, -0.2) is 44.9 Å². The molecule has 0 unspecified atom stereocenters. The predicted octanol–water partition coefficient (Wildman–Crippen LogP) is 3.49. The van der Waals surface area contributed by atoms with E-state index in [1.165, 1.54) is 18.2 Å². The highest BCUT2D eigenvalue weighted by Gasteiger charge is 2.25. The minimum atomic E-state index is -4.16. The largest absolute Gasteiger partial charge is 0.452 e. The molecule has 0 aliphatic carbocycles. The summed E-state index contributed by atoms with van der Waals surface area (Å²) in [6.07, 6.45) is 2.00. The summed E-state index contributed by atoms with van der Waals surface area (Å²) in [6.45, 7) is 6.42. The van der Waals surface area contributed by atoms with Gasteiger partial charge in [0.2, 0.25) is 0 Å². The molecule has 1 amide bonds. The van der Waals surface area contributed by atoms with Crippen molar-refractivity contribution < 1.29 is 26.9 Å². The Balaban J connectivity index is 1.73. The van der Waals surface area contributed by atoms with Gasteiger partial charge in [-0.2, -0.15) is 8.42 Å². The molecule has 166 valence electrons. The van der Waals surface area contributed by atoms with Gasteiger partial charge in [0.1, 0.15) is 10.5 Å². The molecule has 8 heteroatoms. The summed E-state index contributed by atoms with van der Waals surface area (Å²) in [6, 6.07) is 10.9. The standard InChI is InChI=1S/C23H27NO6S/c1-16-10-11-18(3)21(13-16)31(27,28)30-20-9-5-4-8-19(20)23(26)29-15-22(25)24-12-6-7-17(2)14-24/h4-5,8-11,13,17H,6-7,12,14-15H2,1-3H3/t17-/m1/s1. The lowest BCUT2D eigenvalue weighted by Crippen LogP contribution is -2.41. The molecule has 2 aromatic rings. The molecule has 0 saturated carbocycles. The number of rotatable bonds is 6. The normalized spacial score (nSPS) is 16.6. The van der Waals surface area contributed by atoms with Crippen LogP contribution in [0, 0.1) is 19.8 Å². The van der Waals surface area contributed by atoms with Gasteiger partial charge in [-0.15, -0.1) is 0 Å². The number of amides is 1. The third-order valence-electron chi connectivity index (χ3n) is 5.26. The van der Waals surface area contributed by atoms with E-state index in [0.717, 1.165) is 18.4 Å². The van der Waals surface area contributed by atoms with E-state index < -0.39 is 22.7 Å². The summed E-state index contributed by atoms with van der Waals surface area (Å²) < 4.78 is 36.1. The number of hydrogen-bond donors (Lipinski definition) is 0. The van der Waals surface area contributed by atoms with Crippen LogP contribution in [0.2, 0.25) is 0 Å². The van der Waals surface area contributed by atoms with Gasteiger partial charge in [0.25, 0.3) is 5.91 Å². The van der Waals surface area contributed by atoms with Crippen molar-refractivity contribution in [2.75, 3.05) is 19.7 Å². The zero-order valence-electron chi connectivity index (χ0n) is 18.0. The SMILES string of the molecule is Cc1ccc(C)c(S(=O)(=O)Oc2ccccc2C(=O)OCC(=O)N2CCC[C@@H](C)C2)c1. The Labute approximate surface area is 183 Å². The van der Waals surface area contributed by atoms with Crippen molar-refractivity contribution in [2.24, 2.45) is 5.92 Å². The second-order valence-electron chi connectivity index (χ2n) is 7.97. The van der Waals surface area contributed by atoms with Gasteiger partial charge in [0, 0.05) is 13.1 Å². The third kappa shape index (κ3) is 5.64. The average molecular weight is 446 g/mol. The molecule has 1 aliphatic rings. The van der Waals surface area contributed by atoms with Gasteiger partial charge in [0.05, 0.1) is 0 Å². The van der Waals surface area contributed by atoms with Crippen LogP contribution in [0.5, 0.6) is 5.75 Å². The van der Waals surface area contributed by atoms with E-state index in [-0.39, 0.29) is 22.1 Å². The highest BCUT2D eigenvalue weighted by atomic mass is 32.2. The molecule has 0 spiro atoms. The Morgan fingerprint density at radius 1 is 1.13 bits per heavy atom. The molecule has 0 bridgehead atoms. The van der Waals surface area contributed by atoms with Crippen molar-refractivity contribution in [3.63, 3.8) is 0 Å². The van der Waals surface area contributed by atoms with Crippen molar-refractivity contribution in [3.05, 3.63) is 59.2 Å². The Morgan fingerprint density at radius 2 is 1.87 bits per heavy atom. The van der Waals surface area contributed by atoms with E-state index in [0.29, 0.717) is 24.6 Å². The Hall–Kier alpha value is -2.87. The molecule has 1 heterocycles. The van der Waals surface area contributed by atoms with Crippen LogP contribution in [0.1, 0.15) is 41.3 Å². The second kappa shape index (κ2) is 9.51. The number of benzene rings is 2. The number of ether oxygens (including phenoxy) is 1. The molecule has 7 nitrogen and oxygen atoms in total. The molecule has 1 atom stereocenters. The van der Waals surface area contributed by atoms with Gasteiger partial charge in [-0.1, -0.05) is 31.2 Å². The average Bonchev–Trinajstić information content (AvgIpc) is 2.73. The Kier molecular flexibility index (Phi) is 7.00. The van der Waals surface area contributed by atoms with E-state index in [2.05, 4.69) is 6.92 Å². The number of nitrogens with zero attached hydrogens (tertiary/aromatic N) is 1. The van der Waals surface area contributed by atoms with Crippen LogP contribution < -0.4 is 4.18 Å². The van der Waals surface area contributed by atoms with E-state index in [1.54, 1.807) is 43.0 Å². The van der Waals surface area contributed by atoms with Crippen LogP contribution in [0.15, 0.2) is 47.4 Å². The first-order valence-electron chi connectivity index (χ1n) is 10.2. The maximum Gasteiger partial charge on any atom is 0.342 e. The fourth-order valence-corrected chi connectivity index (χ4v) is 4.82. The lowest BCUT2D eigenvalue weighted by Gasteiger charge is -2.30. The van der Waals surface area contributed by atoms with Gasteiger partial charge in [-0.25, -0.2) is 4.79 Å². The van der Waals surface area contributed by atoms with Gasteiger partial charge < -0.3 is 13.8 Å². The van der Waals surface area contributed by atoms with Crippen LogP contribution in [0.4, 0.5) is 0 Å². The Morgan fingerprint density at radius 3 is 2.61 bits per heavy atom. The predicted molar refractivity (Wildman–Crippen MR) is 115 cm³/mol. The first-order chi connectivity index (χ1) is 14.7. The van der Waals surface area contributed by atoms with Crippen molar-refractivity contribution in [1.82, 2.24) is 4.90 Å². The first-order valence-corrected chi connectivity index (χ1v) is 11.6. The van der Waals surface area contributed by atoms with E-state index >= 15 is 0 Å². The van der Waals surface area contributed by atoms with Gasteiger partial charge >= 0.3 is 16.1 Å². The number of hydrogen-bond acceptors (Lipinski definition) is 6. The monoisotopic (exact) mass is 445 g/mol. The van der Waals surface area contributed by atoms with E-state index in [1.807, 2.05) is 0 Å². The quantitative estimate of drug-likeness (QED) is 0.499. The highest BCUT2D eigenvalue weighted by Crippen LogP contribution is 2.26. The molecule has 3 rings (SSSR count). The smallest absolute Gasteiger partial charge is 0.342 e. The molecule has 0 aromatic heterocycles. The minimum absolute atomic E-state index is 0.0325. The topological polar surface area (TPSA) is 90.0 Å².